The molecule has 0 bridgehead atoms. The molecule has 0 aromatic heterocycles. The predicted octanol–water partition coefficient (Wildman–Crippen LogP) is 4.35. The van der Waals surface area contributed by atoms with Crippen molar-refractivity contribution in [3.05, 3.63) is 63.1 Å². The zero-order valence-electron chi connectivity index (χ0n) is 14.8. The van der Waals surface area contributed by atoms with E-state index < -0.39 is 5.97 Å². The minimum Gasteiger partial charge on any atom is -0.494 e. The number of benzene rings is 2. The summed E-state index contributed by atoms with van der Waals surface area (Å²) in [4.78, 5) is 24.4. The minimum absolute atomic E-state index is 0.0639. The number of rotatable bonds is 5. The van der Waals surface area contributed by atoms with Gasteiger partial charge in [-0.25, -0.2) is 4.79 Å². The normalized spacial score (nSPS) is 15.6. The van der Waals surface area contributed by atoms with Crippen LogP contribution in [0.5, 0.6) is 5.75 Å². The van der Waals surface area contributed by atoms with E-state index in [1.807, 2.05) is 18.2 Å². The Morgan fingerprint density at radius 1 is 1.19 bits per heavy atom. The number of hydrogen-bond acceptors (Lipinski definition) is 4. The van der Waals surface area contributed by atoms with E-state index in [2.05, 4.69) is 11.4 Å². The Hall–Kier alpha value is -2.24. The summed E-state index contributed by atoms with van der Waals surface area (Å²) in [6, 6.07) is 10.8. The van der Waals surface area contributed by atoms with Crippen LogP contribution >= 0.6 is 23.2 Å². The van der Waals surface area contributed by atoms with Crippen LogP contribution in [-0.2, 0) is 16.0 Å². The third kappa shape index (κ3) is 4.54. The third-order valence-corrected chi connectivity index (χ3v) is 5.04. The smallest absolute Gasteiger partial charge is 0.338 e. The molecular weight excluding hydrogens is 389 g/mol. The van der Waals surface area contributed by atoms with Crippen molar-refractivity contribution in [2.45, 2.75) is 25.3 Å². The Morgan fingerprint density at radius 2 is 1.89 bits per heavy atom. The van der Waals surface area contributed by atoms with Crippen molar-refractivity contribution in [2.75, 3.05) is 13.7 Å². The molecule has 0 heterocycles. The molecule has 2 aromatic rings. The van der Waals surface area contributed by atoms with Gasteiger partial charge in [0, 0.05) is 0 Å². The molecular formula is C20H19Cl2NO4. The summed E-state index contributed by atoms with van der Waals surface area (Å²) in [7, 11) is 1.43. The van der Waals surface area contributed by atoms with Crippen molar-refractivity contribution in [2.24, 2.45) is 0 Å². The maximum atomic E-state index is 12.2. The maximum absolute atomic E-state index is 12.2. The topological polar surface area (TPSA) is 64.6 Å². The van der Waals surface area contributed by atoms with Crippen LogP contribution in [0.2, 0.25) is 10.0 Å². The van der Waals surface area contributed by atoms with E-state index in [9.17, 15) is 9.59 Å². The number of fused-ring (bicyclic) bond motifs is 1. The Balaban J connectivity index is 1.59. The molecule has 0 saturated heterocycles. The number of amides is 1. The van der Waals surface area contributed by atoms with Gasteiger partial charge < -0.3 is 14.8 Å². The van der Waals surface area contributed by atoms with Crippen molar-refractivity contribution >= 4 is 35.1 Å². The molecule has 1 N–H and O–H groups in total. The minimum atomic E-state index is -0.680. The van der Waals surface area contributed by atoms with Crippen molar-refractivity contribution in [1.82, 2.24) is 5.32 Å². The molecule has 27 heavy (non-hydrogen) atoms. The molecule has 0 unspecified atom stereocenters. The number of esters is 1. The number of halogens is 2. The van der Waals surface area contributed by atoms with Gasteiger partial charge in [-0.15, -0.1) is 0 Å². The first-order valence-corrected chi connectivity index (χ1v) is 9.32. The lowest BCUT2D eigenvalue weighted by Gasteiger charge is -2.26. The van der Waals surface area contributed by atoms with Crippen LogP contribution in [0.4, 0.5) is 0 Å². The zero-order chi connectivity index (χ0) is 19.4. The molecule has 2 aromatic carbocycles. The lowest BCUT2D eigenvalue weighted by atomic mass is 9.88. The molecule has 3 rings (SSSR count). The molecule has 7 heteroatoms. The van der Waals surface area contributed by atoms with Crippen molar-refractivity contribution < 1.29 is 19.1 Å². The zero-order valence-corrected chi connectivity index (χ0v) is 16.3. The molecule has 0 saturated carbocycles. The van der Waals surface area contributed by atoms with Crippen LogP contribution in [0.1, 0.15) is 40.4 Å². The Morgan fingerprint density at radius 3 is 2.59 bits per heavy atom. The van der Waals surface area contributed by atoms with Crippen LogP contribution in [-0.4, -0.2) is 25.6 Å². The number of nitrogens with one attached hydrogen (secondary N) is 1. The third-order valence-electron chi connectivity index (χ3n) is 4.48. The second-order valence-electron chi connectivity index (χ2n) is 6.26. The van der Waals surface area contributed by atoms with E-state index in [0.717, 1.165) is 24.8 Å². The van der Waals surface area contributed by atoms with Gasteiger partial charge in [-0.3, -0.25) is 4.79 Å². The number of aryl methyl sites for hydroxylation is 1. The first kappa shape index (κ1) is 19.5. The highest BCUT2D eigenvalue weighted by Gasteiger charge is 2.22. The highest BCUT2D eigenvalue weighted by molar-refractivity contribution is 6.37. The number of carbonyl (C=O) groups excluding carboxylic acids is 2. The van der Waals surface area contributed by atoms with E-state index in [0.29, 0.717) is 0 Å². The lowest BCUT2D eigenvalue weighted by molar-refractivity contribution is -0.125. The van der Waals surface area contributed by atoms with Gasteiger partial charge in [0.15, 0.2) is 12.4 Å². The second kappa shape index (κ2) is 8.63. The molecule has 1 amide bonds. The van der Waals surface area contributed by atoms with Crippen LogP contribution in [0.25, 0.3) is 0 Å². The summed E-state index contributed by atoms with van der Waals surface area (Å²) in [6.07, 6.45) is 2.88. The van der Waals surface area contributed by atoms with E-state index in [1.54, 1.807) is 0 Å². The van der Waals surface area contributed by atoms with Gasteiger partial charge >= 0.3 is 5.97 Å². The molecule has 0 spiro atoms. The average Bonchev–Trinajstić information content (AvgIpc) is 2.66. The molecule has 1 aliphatic carbocycles. The first-order chi connectivity index (χ1) is 13.0. The maximum Gasteiger partial charge on any atom is 0.338 e. The molecule has 1 atom stereocenters. The molecule has 5 nitrogen and oxygen atoms in total. The largest absolute Gasteiger partial charge is 0.494 e. The van der Waals surface area contributed by atoms with Gasteiger partial charge in [-0.05, 0) is 42.5 Å². The van der Waals surface area contributed by atoms with Gasteiger partial charge in [0.2, 0.25) is 0 Å². The monoisotopic (exact) mass is 407 g/mol. The molecule has 142 valence electrons. The standard InChI is InChI=1S/C20H19Cl2NO4/c1-26-19-15(21)9-13(10-16(19)22)20(25)27-11-18(24)23-17-8-4-6-12-5-2-3-7-14(12)17/h2-3,5,7,9-10,17H,4,6,8,11H2,1H3,(H,23,24)/t17-/m0/s1. The number of hydrogen-bond donors (Lipinski definition) is 1. The Bertz CT molecular complexity index is 846. The highest BCUT2D eigenvalue weighted by Crippen LogP contribution is 2.34. The second-order valence-corrected chi connectivity index (χ2v) is 7.07. The van der Waals surface area contributed by atoms with E-state index in [1.165, 1.54) is 24.8 Å². The highest BCUT2D eigenvalue weighted by atomic mass is 35.5. The molecule has 1 aliphatic rings. The van der Waals surface area contributed by atoms with Gasteiger partial charge in [0.25, 0.3) is 5.91 Å². The summed E-state index contributed by atoms with van der Waals surface area (Å²) < 4.78 is 10.1. The number of ether oxygens (including phenoxy) is 2. The predicted molar refractivity (Wildman–Crippen MR) is 104 cm³/mol. The fourth-order valence-electron chi connectivity index (χ4n) is 3.23. The Kier molecular flexibility index (Phi) is 6.24. The summed E-state index contributed by atoms with van der Waals surface area (Å²) >= 11 is 12.0. The van der Waals surface area contributed by atoms with E-state index in [4.69, 9.17) is 32.7 Å². The quantitative estimate of drug-likeness (QED) is 0.748. The summed E-state index contributed by atoms with van der Waals surface area (Å²) in [6.45, 7) is -0.376. The summed E-state index contributed by atoms with van der Waals surface area (Å²) in [5.41, 5.74) is 2.52. The van der Waals surface area contributed by atoms with Crippen molar-refractivity contribution in [1.29, 1.82) is 0 Å². The van der Waals surface area contributed by atoms with E-state index >= 15 is 0 Å². The van der Waals surface area contributed by atoms with Crippen LogP contribution in [0.3, 0.4) is 0 Å². The van der Waals surface area contributed by atoms with Crippen LogP contribution in [0, 0.1) is 0 Å². The average molecular weight is 408 g/mol. The van der Waals surface area contributed by atoms with Crippen LogP contribution in [0.15, 0.2) is 36.4 Å². The first-order valence-electron chi connectivity index (χ1n) is 8.57. The van der Waals surface area contributed by atoms with Gasteiger partial charge in [0.1, 0.15) is 0 Å². The Labute approximate surface area is 167 Å². The number of methoxy groups -OCH3 is 1. The number of carbonyl (C=O) groups is 2. The van der Waals surface area contributed by atoms with Crippen molar-refractivity contribution in [3.8, 4) is 5.75 Å². The van der Waals surface area contributed by atoms with Gasteiger partial charge in [-0.1, -0.05) is 47.5 Å². The van der Waals surface area contributed by atoms with Gasteiger partial charge in [-0.2, -0.15) is 0 Å². The van der Waals surface area contributed by atoms with Gasteiger partial charge in [0.05, 0.1) is 28.8 Å². The summed E-state index contributed by atoms with van der Waals surface area (Å²) in [5.74, 6) is -0.750. The van der Waals surface area contributed by atoms with E-state index in [-0.39, 0.29) is 39.9 Å². The SMILES string of the molecule is COc1c(Cl)cc(C(=O)OCC(=O)N[C@H]2CCCc3ccccc32)cc1Cl. The molecule has 0 fully saturated rings. The fourth-order valence-corrected chi connectivity index (χ4v) is 3.87. The lowest BCUT2D eigenvalue weighted by Crippen LogP contribution is -2.34. The molecule has 0 aliphatic heterocycles. The molecule has 0 radical (unpaired) electrons. The summed E-state index contributed by atoms with van der Waals surface area (Å²) in [5, 5.41) is 3.32. The fraction of sp³-hybridized carbons (Fsp3) is 0.300. The van der Waals surface area contributed by atoms with Crippen molar-refractivity contribution in [3.63, 3.8) is 0 Å². The van der Waals surface area contributed by atoms with Crippen LogP contribution < -0.4 is 10.1 Å².